The van der Waals surface area contributed by atoms with E-state index in [0.717, 1.165) is 16.1 Å². The van der Waals surface area contributed by atoms with Crippen molar-refractivity contribution < 1.29 is 27.4 Å². The number of rotatable bonds is 12. The minimum Gasteiger partial charge on any atom is -0.494 e. The fourth-order valence-electron chi connectivity index (χ4n) is 3.30. The fraction of sp³-hybridized carbons (Fsp3) is 0.231. The lowest BCUT2D eigenvalue weighted by atomic mass is 10.2. The van der Waals surface area contributed by atoms with Crippen molar-refractivity contribution in [2.75, 3.05) is 30.8 Å². The Morgan fingerprint density at radius 3 is 2.41 bits per heavy atom. The molecule has 11 heteroatoms. The highest BCUT2D eigenvalue weighted by atomic mass is 79.9. The van der Waals surface area contributed by atoms with E-state index in [1.165, 1.54) is 13.3 Å². The molecule has 1 N–H and O–H groups in total. The molecule has 0 aromatic heterocycles. The van der Waals surface area contributed by atoms with Gasteiger partial charge in [0.2, 0.25) is 10.0 Å². The molecule has 37 heavy (non-hydrogen) atoms. The number of carbonyl (C=O) groups excluding carboxylic acids is 1. The van der Waals surface area contributed by atoms with Crippen molar-refractivity contribution in [3.63, 3.8) is 0 Å². The molecule has 1 amide bonds. The number of ether oxygens (including phenoxy) is 3. The van der Waals surface area contributed by atoms with Gasteiger partial charge in [-0.25, -0.2) is 13.8 Å². The van der Waals surface area contributed by atoms with Gasteiger partial charge in [0, 0.05) is 0 Å². The van der Waals surface area contributed by atoms with Gasteiger partial charge in [0.15, 0.2) is 11.5 Å². The van der Waals surface area contributed by atoms with Crippen LogP contribution >= 0.6 is 15.9 Å². The number of amides is 1. The van der Waals surface area contributed by atoms with E-state index in [0.29, 0.717) is 46.2 Å². The van der Waals surface area contributed by atoms with Crippen LogP contribution in [0, 0.1) is 0 Å². The molecule has 0 fully saturated rings. The number of nitrogens with one attached hydrogen (secondary N) is 1. The quantitative estimate of drug-likeness (QED) is 0.248. The van der Waals surface area contributed by atoms with Crippen LogP contribution in [-0.4, -0.2) is 47.1 Å². The molecule has 9 nitrogen and oxygen atoms in total. The van der Waals surface area contributed by atoms with Gasteiger partial charge in [-0.15, -0.1) is 0 Å². The SMILES string of the molecule is CCOc1ccc(N(CC(=O)N/N=C\c2cc(Br)c(OCc3ccccc3)c(OC)c2)S(C)(=O)=O)cc1. The second-order valence-corrected chi connectivity index (χ2v) is 10.6. The van der Waals surface area contributed by atoms with E-state index in [1.54, 1.807) is 36.4 Å². The van der Waals surface area contributed by atoms with Crippen LogP contribution in [0.1, 0.15) is 18.1 Å². The summed E-state index contributed by atoms with van der Waals surface area (Å²) in [5.74, 6) is 1.01. The van der Waals surface area contributed by atoms with Gasteiger partial charge in [-0.1, -0.05) is 30.3 Å². The Balaban J connectivity index is 1.66. The van der Waals surface area contributed by atoms with Crippen molar-refractivity contribution in [3.05, 3.63) is 82.3 Å². The summed E-state index contributed by atoms with van der Waals surface area (Å²) in [6.45, 7) is 2.26. The topological polar surface area (TPSA) is 107 Å². The molecule has 0 spiro atoms. The molecule has 3 rings (SSSR count). The monoisotopic (exact) mass is 589 g/mol. The summed E-state index contributed by atoms with van der Waals surface area (Å²) in [4.78, 5) is 12.5. The normalized spacial score (nSPS) is 11.2. The minimum absolute atomic E-state index is 0.338. The molecular formula is C26H28BrN3O6S. The number of benzene rings is 3. The molecule has 0 unspecified atom stereocenters. The van der Waals surface area contributed by atoms with Crippen molar-refractivity contribution in [2.45, 2.75) is 13.5 Å². The smallest absolute Gasteiger partial charge is 0.260 e. The number of anilines is 1. The van der Waals surface area contributed by atoms with Crippen LogP contribution in [0.25, 0.3) is 0 Å². The predicted octanol–water partition coefficient (Wildman–Crippen LogP) is 4.35. The third-order valence-electron chi connectivity index (χ3n) is 5.00. The van der Waals surface area contributed by atoms with E-state index >= 15 is 0 Å². The van der Waals surface area contributed by atoms with Gasteiger partial charge < -0.3 is 14.2 Å². The maximum atomic E-state index is 12.5. The maximum Gasteiger partial charge on any atom is 0.260 e. The molecule has 0 radical (unpaired) electrons. The van der Waals surface area contributed by atoms with Crippen LogP contribution in [-0.2, 0) is 21.4 Å². The number of sulfonamides is 1. The summed E-state index contributed by atoms with van der Waals surface area (Å²) in [7, 11) is -2.19. The van der Waals surface area contributed by atoms with Gasteiger partial charge in [-0.05, 0) is 70.4 Å². The molecule has 0 aliphatic rings. The number of hydrogen-bond donors (Lipinski definition) is 1. The number of methoxy groups -OCH3 is 1. The van der Waals surface area contributed by atoms with Crippen LogP contribution < -0.4 is 23.9 Å². The van der Waals surface area contributed by atoms with Crippen LogP contribution in [0.5, 0.6) is 17.2 Å². The Hall–Kier alpha value is -3.57. The Bertz CT molecular complexity index is 1330. The number of hydrazone groups is 1. The second-order valence-electron chi connectivity index (χ2n) is 7.80. The van der Waals surface area contributed by atoms with Gasteiger partial charge in [0.1, 0.15) is 18.9 Å². The average Bonchev–Trinajstić information content (AvgIpc) is 2.87. The summed E-state index contributed by atoms with van der Waals surface area (Å²) < 4.78 is 43.0. The van der Waals surface area contributed by atoms with Crippen LogP contribution in [0.4, 0.5) is 5.69 Å². The first-order valence-electron chi connectivity index (χ1n) is 11.3. The largest absolute Gasteiger partial charge is 0.494 e. The first-order valence-corrected chi connectivity index (χ1v) is 13.9. The maximum absolute atomic E-state index is 12.5. The van der Waals surface area contributed by atoms with E-state index in [2.05, 4.69) is 26.5 Å². The van der Waals surface area contributed by atoms with E-state index in [-0.39, 0.29) is 0 Å². The summed E-state index contributed by atoms with van der Waals surface area (Å²) >= 11 is 3.49. The molecule has 0 aliphatic carbocycles. The second kappa shape index (κ2) is 13.1. The Labute approximate surface area is 225 Å². The van der Waals surface area contributed by atoms with Gasteiger partial charge in [-0.3, -0.25) is 9.10 Å². The molecule has 0 saturated heterocycles. The zero-order chi connectivity index (χ0) is 26.8. The van der Waals surface area contributed by atoms with E-state index in [1.807, 2.05) is 37.3 Å². The highest BCUT2D eigenvalue weighted by Gasteiger charge is 2.21. The summed E-state index contributed by atoms with van der Waals surface area (Å²) in [5, 5.41) is 3.97. The van der Waals surface area contributed by atoms with Gasteiger partial charge >= 0.3 is 0 Å². The predicted molar refractivity (Wildman–Crippen MR) is 147 cm³/mol. The third kappa shape index (κ3) is 8.22. The lowest BCUT2D eigenvalue weighted by Gasteiger charge is -2.21. The standard InChI is InChI=1S/C26H28BrN3O6S/c1-4-35-22-12-10-21(11-13-22)30(37(3,32)33)17-25(31)29-28-16-20-14-23(27)26(24(15-20)34-2)36-18-19-8-6-5-7-9-19/h5-16H,4,17-18H2,1-3H3,(H,29,31)/b28-16-. The van der Waals surface area contributed by atoms with Gasteiger partial charge in [0.05, 0.1) is 36.3 Å². The molecule has 0 heterocycles. The number of nitrogens with zero attached hydrogens (tertiary/aromatic N) is 2. The molecule has 3 aromatic rings. The van der Waals surface area contributed by atoms with Crippen LogP contribution in [0.3, 0.4) is 0 Å². The number of hydrogen-bond acceptors (Lipinski definition) is 7. The third-order valence-corrected chi connectivity index (χ3v) is 6.73. The molecule has 0 atom stereocenters. The molecule has 0 bridgehead atoms. The lowest BCUT2D eigenvalue weighted by molar-refractivity contribution is -0.119. The first kappa shape index (κ1) is 28.0. The van der Waals surface area contributed by atoms with Crippen molar-refractivity contribution in [2.24, 2.45) is 5.10 Å². The lowest BCUT2D eigenvalue weighted by Crippen LogP contribution is -2.39. The van der Waals surface area contributed by atoms with E-state index in [9.17, 15) is 13.2 Å². The zero-order valence-corrected chi connectivity index (χ0v) is 23.1. The number of halogens is 1. The van der Waals surface area contributed by atoms with Crippen molar-refractivity contribution in [1.29, 1.82) is 0 Å². The molecule has 196 valence electrons. The van der Waals surface area contributed by atoms with Crippen LogP contribution in [0.2, 0.25) is 0 Å². The fourth-order valence-corrected chi connectivity index (χ4v) is 4.73. The number of carbonyl (C=O) groups is 1. The Kier molecular flexibility index (Phi) is 9.93. The molecular weight excluding hydrogens is 562 g/mol. The summed E-state index contributed by atoms with van der Waals surface area (Å²) in [6.07, 6.45) is 2.46. The molecule has 3 aromatic carbocycles. The van der Waals surface area contributed by atoms with Crippen LogP contribution in [0.15, 0.2) is 76.3 Å². The van der Waals surface area contributed by atoms with Gasteiger partial charge in [-0.2, -0.15) is 5.10 Å². The highest BCUT2D eigenvalue weighted by molar-refractivity contribution is 9.10. The Morgan fingerprint density at radius 2 is 1.78 bits per heavy atom. The molecule has 0 saturated carbocycles. The molecule has 0 aliphatic heterocycles. The van der Waals surface area contributed by atoms with Crippen molar-refractivity contribution in [1.82, 2.24) is 5.43 Å². The van der Waals surface area contributed by atoms with Crippen molar-refractivity contribution >= 4 is 43.8 Å². The van der Waals surface area contributed by atoms with Gasteiger partial charge in [0.25, 0.3) is 5.91 Å². The first-order chi connectivity index (χ1) is 17.7. The van der Waals surface area contributed by atoms with Crippen molar-refractivity contribution in [3.8, 4) is 17.2 Å². The zero-order valence-electron chi connectivity index (χ0n) is 20.7. The summed E-state index contributed by atoms with van der Waals surface area (Å²) in [5.41, 5.74) is 4.34. The average molecular weight is 590 g/mol. The minimum atomic E-state index is -3.72. The van der Waals surface area contributed by atoms with E-state index in [4.69, 9.17) is 14.2 Å². The highest BCUT2D eigenvalue weighted by Crippen LogP contribution is 2.36. The summed E-state index contributed by atoms with van der Waals surface area (Å²) in [6, 6.07) is 19.7. The van der Waals surface area contributed by atoms with E-state index < -0.39 is 22.5 Å². The Morgan fingerprint density at radius 1 is 1.08 bits per heavy atom.